The highest BCUT2D eigenvalue weighted by Gasteiger charge is 2.20. The summed E-state index contributed by atoms with van der Waals surface area (Å²) in [6.07, 6.45) is 0. The fraction of sp³-hybridized carbons (Fsp3) is 0. The number of para-hydroxylation sites is 2. The second-order valence-electron chi connectivity index (χ2n) is 12.4. The molecule has 0 atom stereocenters. The summed E-state index contributed by atoms with van der Waals surface area (Å²) in [5, 5.41) is 4.93. The van der Waals surface area contributed by atoms with Gasteiger partial charge in [-0.3, -0.25) is 0 Å². The molecule has 5 heteroatoms. The van der Waals surface area contributed by atoms with Gasteiger partial charge in [-0.2, -0.15) is 0 Å². The van der Waals surface area contributed by atoms with Crippen LogP contribution in [0.5, 0.6) is 0 Å². The van der Waals surface area contributed by atoms with Crippen LogP contribution in [0.15, 0.2) is 170 Å². The van der Waals surface area contributed by atoms with Crippen molar-refractivity contribution in [2.24, 2.45) is 0 Å². The average Bonchev–Trinajstić information content (AvgIpc) is 3.75. The molecule has 0 aliphatic heterocycles. The third-order valence-electron chi connectivity index (χ3n) is 9.47. The summed E-state index contributed by atoms with van der Waals surface area (Å²) in [7, 11) is 0. The van der Waals surface area contributed by atoms with Crippen molar-refractivity contribution >= 4 is 53.3 Å². The number of nitrogens with zero attached hydrogens (tertiary/aromatic N) is 4. The fourth-order valence-corrected chi connectivity index (χ4v) is 8.57. The maximum Gasteiger partial charge on any atom is 0.165 e. The molecule has 0 aliphatic rings. The van der Waals surface area contributed by atoms with Crippen molar-refractivity contribution in [2.75, 3.05) is 0 Å². The van der Waals surface area contributed by atoms with Crippen LogP contribution in [-0.4, -0.2) is 19.5 Å². The third-order valence-corrected chi connectivity index (χ3v) is 10.8. The third kappa shape index (κ3) is 4.55. The number of aromatic nitrogens is 4. The van der Waals surface area contributed by atoms with E-state index in [-0.39, 0.29) is 0 Å². The fourth-order valence-electron chi connectivity index (χ4n) is 7.24. The molecule has 0 saturated carbocycles. The summed E-state index contributed by atoms with van der Waals surface area (Å²) in [4.78, 5) is 15.1. The zero-order chi connectivity index (χ0) is 33.0. The summed E-state index contributed by atoms with van der Waals surface area (Å²) in [5.41, 5.74) is 8.93. The Labute approximate surface area is 292 Å². The van der Waals surface area contributed by atoms with Crippen LogP contribution in [-0.2, 0) is 0 Å². The number of hydrogen-bond acceptors (Lipinski definition) is 4. The maximum absolute atomic E-state index is 5.09. The van der Waals surface area contributed by atoms with E-state index in [9.17, 15) is 0 Å². The van der Waals surface area contributed by atoms with Crippen molar-refractivity contribution in [3.63, 3.8) is 0 Å². The molecular formula is C45H28N4S. The molecule has 10 rings (SSSR count). The minimum atomic E-state index is 0.662. The lowest BCUT2D eigenvalue weighted by Crippen LogP contribution is -2.00. The first kappa shape index (κ1) is 28.6. The Balaban J connectivity index is 1.22. The number of benzene rings is 7. The maximum atomic E-state index is 5.09. The van der Waals surface area contributed by atoms with Gasteiger partial charge in [0, 0.05) is 58.9 Å². The van der Waals surface area contributed by atoms with Crippen molar-refractivity contribution < 1.29 is 0 Å². The normalized spacial score (nSPS) is 11.6. The summed E-state index contributed by atoms with van der Waals surface area (Å²) in [5.74, 6) is 1.99. The molecule has 0 spiro atoms. The van der Waals surface area contributed by atoms with Gasteiger partial charge in [-0.1, -0.05) is 140 Å². The number of hydrogen-bond donors (Lipinski definition) is 0. The van der Waals surface area contributed by atoms with Gasteiger partial charge in [0.1, 0.15) is 0 Å². The molecule has 0 radical (unpaired) electrons. The van der Waals surface area contributed by atoms with Crippen molar-refractivity contribution in [1.29, 1.82) is 0 Å². The zero-order valence-electron chi connectivity index (χ0n) is 26.9. The van der Waals surface area contributed by atoms with E-state index < -0.39 is 0 Å². The first-order valence-electron chi connectivity index (χ1n) is 16.7. The first-order chi connectivity index (χ1) is 24.8. The molecule has 3 heterocycles. The van der Waals surface area contributed by atoms with E-state index in [1.165, 1.54) is 48.4 Å². The van der Waals surface area contributed by atoms with Crippen LogP contribution in [0.4, 0.5) is 0 Å². The molecular weight excluding hydrogens is 629 g/mol. The molecule has 234 valence electrons. The Hall–Kier alpha value is -6.43. The quantitative estimate of drug-likeness (QED) is 0.185. The van der Waals surface area contributed by atoms with Crippen molar-refractivity contribution in [3.05, 3.63) is 170 Å². The minimum Gasteiger partial charge on any atom is -0.309 e. The Morgan fingerprint density at radius 3 is 1.52 bits per heavy atom. The second-order valence-corrected chi connectivity index (χ2v) is 13.4. The topological polar surface area (TPSA) is 43.6 Å². The van der Waals surface area contributed by atoms with Crippen LogP contribution < -0.4 is 0 Å². The van der Waals surface area contributed by atoms with E-state index in [1.807, 2.05) is 47.7 Å². The lowest BCUT2D eigenvalue weighted by molar-refractivity contribution is 1.08. The lowest BCUT2D eigenvalue weighted by Gasteiger charge is -2.09. The Morgan fingerprint density at radius 1 is 0.360 bits per heavy atom. The molecule has 3 aromatic heterocycles. The second kappa shape index (κ2) is 11.6. The molecule has 4 nitrogen and oxygen atoms in total. The lowest BCUT2D eigenvalue weighted by atomic mass is 9.97. The molecule has 0 amide bonds. The number of rotatable bonds is 5. The van der Waals surface area contributed by atoms with Crippen LogP contribution in [0.25, 0.3) is 93.0 Å². The highest BCUT2D eigenvalue weighted by molar-refractivity contribution is 7.26. The van der Waals surface area contributed by atoms with Gasteiger partial charge in [0.2, 0.25) is 0 Å². The number of thiophene rings is 1. The van der Waals surface area contributed by atoms with Gasteiger partial charge in [0.15, 0.2) is 17.5 Å². The Bertz CT molecular complexity index is 2800. The molecule has 0 bridgehead atoms. The van der Waals surface area contributed by atoms with E-state index >= 15 is 0 Å². The van der Waals surface area contributed by atoms with Crippen molar-refractivity contribution in [2.45, 2.75) is 0 Å². The molecule has 0 saturated heterocycles. The van der Waals surface area contributed by atoms with E-state index in [0.717, 1.165) is 27.1 Å². The van der Waals surface area contributed by atoms with Gasteiger partial charge in [-0.05, 0) is 35.9 Å². The monoisotopic (exact) mass is 656 g/mol. The molecule has 50 heavy (non-hydrogen) atoms. The smallest absolute Gasteiger partial charge is 0.165 e. The largest absolute Gasteiger partial charge is 0.309 e. The predicted molar refractivity (Wildman–Crippen MR) is 209 cm³/mol. The van der Waals surface area contributed by atoms with Crippen LogP contribution >= 0.6 is 11.3 Å². The zero-order valence-corrected chi connectivity index (χ0v) is 27.7. The minimum absolute atomic E-state index is 0.662. The predicted octanol–water partition coefficient (Wildman–Crippen LogP) is 12.0. The van der Waals surface area contributed by atoms with Crippen LogP contribution in [0, 0.1) is 0 Å². The van der Waals surface area contributed by atoms with Gasteiger partial charge in [0.05, 0.1) is 11.0 Å². The van der Waals surface area contributed by atoms with Gasteiger partial charge in [-0.15, -0.1) is 11.3 Å². The summed E-state index contributed by atoms with van der Waals surface area (Å²) < 4.78 is 4.80. The van der Waals surface area contributed by atoms with E-state index in [1.54, 1.807) is 0 Å². The van der Waals surface area contributed by atoms with Gasteiger partial charge >= 0.3 is 0 Å². The van der Waals surface area contributed by atoms with Gasteiger partial charge in [0.25, 0.3) is 0 Å². The van der Waals surface area contributed by atoms with Gasteiger partial charge in [-0.25, -0.2) is 15.0 Å². The highest BCUT2D eigenvalue weighted by Crippen LogP contribution is 2.46. The average molecular weight is 657 g/mol. The van der Waals surface area contributed by atoms with Crippen molar-refractivity contribution in [3.8, 4) is 51.0 Å². The molecule has 0 N–H and O–H groups in total. The number of fused-ring (bicyclic) bond motifs is 6. The SMILES string of the molecule is c1ccc(-c2nc(-c3ccccc3)nc(-c3cccc4c3sc3c(-c5cccc6c5c5ccccc5n6-c5ccccc5)cccc34)n2)cc1. The summed E-state index contributed by atoms with van der Waals surface area (Å²) >= 11 is 1.82. The Morgan fingerprint density at radius 2 is 0.840 bits per heavy atom. The summed E-state index contributed by atoms with van der Waals surface area (Å²) in [6.45, 7) is 0. The molecule has 0 aliphatic carbocycles. The van der Waals surface area contributed by atoms with Crippen LogP contribution in [0.2, 0.25) is 0 Å². The Kier molecular flexibility index (Phi) is 6.64. The summed E-state index contributed by atoms with van der Waals surface area (Å²) in [6, 6.07) is 59.6. The molecule has 10 aromatic rings. The highest BCUT2D eigenvalue weighted by atomic mass is 32.1. The molecule has 7 aromatic carbocycles. The van der Waals surface area contributed by atoms with Gasteiger partial charge < -0.3 is 4.57 Å². The van der Waals surface area contributed by atoms with Crippen molar-refractivity contribution in [1.82, 2.24) is 19.5 Å². The van der Waals surface area contributed by atoms with E-state index in [4.69, 9.17) is 15.0 Å². The van der Waals surface area contributed by atoms with Crippen LogP contribution in [0.3, 0.4) is 0 Å². The van der Waals surface area contributed by atoms with Crippen LogP contribution in [0.1, 0.15) is 0 Å². The first-order valence-corrected chi connectivity index (χ1v) is 17.5. The molecule has 0 unspecified atom stereocenters. The molecule has 0 fully saturated rings. The standard InChI is InChI=1S/C45H28N4S/c1-4-15-29(16-5-1)43-46-44(30-17-6-2-7-18-30)48-45(47-43)37-26-13-25-35-34-24-12-23-33(41(34)50-42(35)37)32-22-14-28-39-40(32)36-21-10-11-27-38(36)49(39)31-19-8-3-9-20-31/h1-28H. The van der Waals surface area contributed by atoms with E-state index in [2.05, 4.69) is 138 Å². The van der Waals surface area contributed by atoms with E-state index in [0.29, 0.717) is 17.5 Å².